The molecule has 1 N–H and O–H groups in total. The van der Waals surface area contributed by atoms with Crippen molar-refractivity contribution >= 4 is 17.7 Å². The highest BCUT2D eigenvalue weighted by Gasteiger charge is 2.30. The predicted molar refractivity (Wildman–Crippen MR) is 92.9 cm³/mol. The van der Waals surface area contributed by atoms with Crippen LogP contribution in [0.5, 0.6) is 5.75 Å². The number of ether oxygens (including phenoxy) is 1. The van der Waals surface area contributed by atoms with Gasteiger partial charge in [-0.25, -0.2) is 0 Å². The molecule has 134 valence electrons. The molecule has 25 heavy (non-hydrogen) atoms. The molecule has 0 radical (unpaired) electrons. The van der Waals surface area contributed by atoms with Crippen LogP contribution in [0.4, 0.5) is 13.2 Å². The smallest absolute Gasteiger partial charge is 0.416 e. The van der Waals surface area contributed by atoms with E-state index in [4.69, 9.17) is 4.74 Å². The van der Waals surface area contributed by atoms with Crippen molar-refractivity contribution in [3.63, 3.8) is 0 Å². The van der Waals surface area contributed by atoms with E-state index in [-0.39, 0.29) is 5.91 Å². The van der Waals surface area contributed by atoms with Crippen molar-refractivity contribution in [2.75, 3.05) is 19.4 Å². The number of alkyl halides is 3. The number of hydrogen-bond acceptors (Lipinski definition) is 3. The Morgan fingerprint density at radius 2 is 1.88 bits per heavy atom. The summed E-state index contributed by atoms with van der Waals surface area (Å²) in [6.07, 6.45) is -4.33. The lowest BCUT2D eigenvalue weighted by Gasteiger charge is -2.09. The van der Waals surface area contributed by atoms with E-state index >= 15 is 0 Å². The third-order valence-electron chi connectivity index (χ3n) is 3.41. The average Bonchev–Trinajstić information content (AvgIpc) is 2.61. The number of rotatable bonds is 7. The van der Waals surface area contributed by atoms with Crippen LogP contribution in [0.15, 0.2) is 48.5 Å². The van der Waals surface area contributed by atoms with Crippen LogP contribution in [0.3, 0.4) is 0 Å². The Labute approximate surface area is 148 Å². The minimum Gasteiger partial charge on any atom is -0.497 e. The van der Waals surface area contributed by atoms with Gasteiger partial charge < -0.3 is 10.1 Å². The second kappa shape index (κ2) is 8.80. The van der Waals surface area contributed by atoms with E-state index in [1.54, 1.807) is 37.4 Å². The van der Waals surface area contributed by atoms with Crippen LogP contribution < -0.4 is 10.1 Å². The summed E-state index contributed by atoms with van der Waals surface area (Å²) >= 11 is 1.47. The maximum absolute atomic E-state index is 12.6. The van der Waals surface area contributed by atoms with Gasteiger partial charge in [0.1, 0.15) is 5.75 Å². The van der Waals surface area contributed by atoms with Crippen LogP contribution in [0, 0.1) is 0 Å². The number of methoxy groups -OCH3 is 1. The maximum Gasteiger partial charge on any atom is 0.416 e. The fraction of sp³-hybridized carbons (Fsp3) is 0.278. The van der Waals surface area contributed by atoms with Gasteiger partial charge in [0.05, 0.1) is 12.7 Å². The van der Waals surface area contributed by atoms with Gasteiger partial charge >= 0.3 is 6.18 Å². The summed E-state index contributed by atoms with van der Waals surface area (Å²) < 4.78 is 43.0. The molecule has 2 rings (SSSR count). The molecular weight excluding hydrogens is 351 g/mol. The van der Waals surface area contributed by atoms with Crippen LogP contribution in [0.25, 0.3) is 0 Å². The molecule has 0 aromatic heterocycles. The highest BCUT2D eigenvalue weighted by atomic mass is 32.2. The van der Waals surface area contributed by atoms with Crippen molar-refractivity contribution in [3.8, 4) is 5.75 Å². The first kappa shape index (κ1) is 19.2. The van der Waals surface area contributed by atoms with Crippen LogP contribution in [0.1, 0.15) is 21.5 Å². The van der Waals surface area contributed by atoms with E-state index in [2.05, 4.69) is 5.32 Å². The van der Waals surface area contributed by atoms with Crippen LogP contribution in [-0.2, 0) is 11.9 Å². The highest BCUT2D eigenvalue weighted by molar-refractivity contribution is 7.98. The Morgan fingerprint density at radius 1 is 1.16 bits per heavy atom. The first-order chi connectivity index (χ1) is 11.9. The van der Waals surface area contributed by atoms with Gasteiger partial charge in [-0.05, 0) is 35.9 Å². The average molecular weight is 369 g/mol. The molecule has 1 amide bonds. The monoisotopic (exact) mass is 369 g/mol. The van der Waals surface area contributed by atoms with Crippen molar-refractivity contribution in [1.82, 2.24) is 5.32 Å². The topological polar surface area (TPSA) is 38.3 Å². The zero-order valence-corrected chi connectivity index (χ0v) is 14.4. The number of nitrogens with one attached hydrogen (secondary N) is 1. The molecule has 0 atom stereocenters. The number of benzene rings is 2. The summed E-state index contributed by atoms with van der Waals surface area (Å²) in [6.45, 7) is 0.439. The number of carbonyl (C=O) groups is 1. The molecular formula is C18H18F3NO2S. The van der Waals surface area contributed by atoms with E-state index in [1.807, 2.05) is 0 Å². The summed E-state index contributed by atoms with van der Waals surface area (Å²) in [5.41, 5.74) is 0.503. The van der Waals surface area contributed by atoms with Gasteiger partial charge in [-0.1, -0.05) is 18.2 Å². The van der Waals surface area contributed by atoms with Gasteiger partial charge in [-0.2, -0.15) is 24.9 Å². The van der Waals surface area contributed by atoms with Crippen molar-refractivity contribution in [2.24, 2.45) is 0 Å². The van der Waals surface area contributed by atoms with E-state index in [0.29, 0.717) is 34.9 Å². The normalized spacial score (nSPS) is 11.2. The number of carbonyl (C=O) groups excluding carboxylic acids is 1. The Kier molecular flexibility index (Phi) is 6.75. The van der Waals surface area contributed by atoms with Gasteiger partial charge in [0.2, 0.25) is 0 Å². The number of halogens is 3. The van der Waals surface area contributed by atoms with Gasteiger partial charge in [0.15, 0.2) is 0 Å². The molecule has 2 aromatic rings. The largest absolute Gasteiger partial charge is 0.497 e. The summed E-state index contributed by atoms with van der Waals surface area (Å²) in [7, 11) is 1.55. The Bertz CT molecular complexity index is 702. The summed E-state index contributed by atoms with van der Waals surface area (Å²) in [5, 5.41) is 2.78. The first-order valence-corrected chi connectivity index (χ1v) is 8.72. The van der Waals surface area contributed by atoms with Crippen molar-refractivity contribution in [2.45, 2.75) is 11.9 Å². The number of amides is 1. The van der Waals surface area contributed by atoms with Gasteiger partial charge in [-0.15, -0.1) is 0 Å². The third kappa shape index (κ3) is 6.01. The second-order valence-electron chi connectivity index (χ2n) is 5.24. The van der Waals surface area contributed by atoms with Crippen LogP contribution in [-0.4, -0.2) is 25.3 Å². The Balaban J connectivity index is 1.73. The lowest BCUT2D eigenvalue weighted by molar-refractivity contribution is -0.137. The number of hydrogen-bond donors (Lipinski definition) is 1. The summed E-state index contributed by atoms with van der Waals surface area (Å²) in [5.74, 6) is 1.55. The van der Waals surface area contributed by atoms with Gasteiger partial charge in [0.25, 0.3) is 5.91 Å². The molecule has 3 nitrogen and oxygen atoms in total. The minimum absolute atomic E-state index is 0.192. The molecule has 0 unspecified atom stereocenters. The molecule has 0 aliphatic rings. The third-order valence-corrected chi connectivity index (χ3v) is 4.44. The lowest BCUT2D eigenvalue weighted by Crippen LogP contribution is -2.25. The zero-order chi connectivity index (χ0) is 18.3. The molecule has 0 spiro atoms. The molecule has 0 aliphatic carbocycles. The van der Waals surface area contributed by atoms with Crippen molar-refractivity contribution in [1.29, 1.82) is 0 Å². The lowest BCUT2D eigenvalue weighted by atomic mass is 10.1. The molecule has 0 fully saturated rings. The molecule has 0 heterocycles. The first-order valence-electron chi connectivity index (χ1n) is 7.56. The van der Waals surface area contributed by atoms with Crippen LogP contribution >= 0.6 is 11.8 Å². The van der Waals surface area contributed by atoms with Crippen molar-refractivity contribution < 1.29 is 22.7 Å². The number of thioether (sulfide) groups is 1. The summed E-state index contributed by atoms with van der Waals surface area (Å²) in [4.78, 5) is 11.9. The Morgan fingerprint density at radius 3 is 2.52 bits per heavy atom. The second-order valence-corrected chi connectivity index (χ2v) is 6.34. The molecule has 0 saturated heterocycles. The summed E-state index contributed by atoms with van der Waals surface area (Å²) in [6, 6.07) is 12.0. The van der Waals surface area contributed by atoms with Gasteiger partial charge in [0, 0.05) is 23.6 Å². The molecule has 0 saturated carbocycles. The molecule has 2 aromatic carbocycles. The molecule has 7 heteroatoms. The Hall–Kier alpha value is -2.15. The van der Waals surface area contributed by atoms with E-state index < -0.39 is 11.7 Å². The maximum atomic E-state index is 12.6. The van der Waals surface area contributed by atoms with Gasteiger partial charge in [-0.3, -0.25) is 4.79 Å². The molecule has 0 bridgehead atoms. The fourth-order valence-corrected chi connectivity index (χ4v) is 2.91. The van der Waals surface area contributed by atoms with E-state index in [1.165, 1.54) is 17.8 Å². The van der Waals surface area contributed by atoms with E-state index in [0.717, 1.165) is 12.1 Å². The SMILES string of the molecule is COc1ccc(C(=O)NCCSCc2cccc(C(F)(F)F)c2)cc1. The zero-order valence-electron chi connectivity index (χ0n) is 13.6. The van der Waals surface area contributed by atoms with E-state index in [9.17, 15) is 18.0 Å². The standard InChI is InChI=1S/C18H18F3NO2S/c1-24-16-7-5-14(6-8-16)17(23)22-9-10-25-12-13-3-2-4-15(11-13)18(19,20)21/h2-8,11H,9-10,12H2,1H3,(H,22,23). The molecule has 0 aliphatic heterocycles. The van der Waals surface area contributed by atoms with Crippen LogP contribution in [0.2, 0.25) is 0 Å². The minimum atomic E-state index is -4.33. The predicted octanol–water partition coefficient (Wildman–Crippen LogP) is 4.38. The highest BCUT2D eigenvalue weighted by Crippen LogP contribution is 2.30. The quantitative estimate of drug-likeness (QED) is 0.736. The fourth-order valence-electron chi connectivity index (χ4n) is 2.11. The van der Waals surface area contributed by atoms with Crippen molar-refractivity contribution in [3.05, 3.63) is 65.2 Å².